The number of hydrogen-bond donors (Lipinski definition) is 20. The number of carboxylic acid groups (broad SMARTS) is 4. The first-order valence-electron chi connectivity index (χ1n) is 44.7. The number of carbonyl (C=O) groups is 20. The number of aromatic nitrogens is 2. The fraction of sp³-hybridized carbons (Fsp3) is 0.528. The molecule has 3 aliphatic heterocycles. The van der Waals surface area contributed by atoms with Crippen LogP contribution in [0.2, 0.25) is 0 Å². The summed E-state index contributed by atoms with van der Waals surface area (Å²) >= 11 is 0.669. The number of phenols is 1. The number of unbranched alkanes of at least 4 members (excludes halogenated alkanes) is 2. The van der Waals surface area contributed by atoms with Crippen molar-refractivity contribution in [3.8, 4) is 5.75 Å². The van der Waals surface area contributed by atoms with Gasteiger partial charge in [-0.1, -0.05) is 88.1 Å². The van der Waals surface area contributed by atoms with Crippen molar-refractivity contribution >= 4 is 152 Å². The van der Waals surface area contributed by atoms with Crippen LogP contribution in [0.1, 0.15) is 134 Å². The van der Waals surface area contributed by atoms with Gasteiger partial charge in [-0.25, -0.2) is 0 Å². The number of nitrogens with one attached hydrogen (secondary N) is 11. The van der Waals surface area contributed by atoms with Gasteiger partial charge in [0.05, 0.1) is 24.8 Å². The highest BCUT2D eigenvalue weighted by Gasteiger charge is 2.47. The number of primary amides is 1. The Balaban J connectivity index is 1.21. The Bertz CT molecular complexity index is 5210. The maximum absolute atomic E-state index is 15.9. The Hall–Kier alpha value is -13.8. The number of nitrogens with two attached hydrogens (primary N) is 3. The fourth-order valence-corrected chi connectivity index (χ4v) is 17.3. The second-order valence-electron chi connectivity index (χ2n) is 33.8. The maximum Gasteiger partial charge on any atom is 0.323 e. The van der Waals surface area contributed by atoms with Crippen molar-refractivity contribution in [1.29, 1.82) is 0 Å². The van der Waals surface area contributed by atoms with Crippen LogP contribution in [0.25, 0.3) is 21.8 Å². The average Bonchev–Trinajstić information content (AvgIpc) is 1.75. The number of aliphatic hydroxyl groups excluding tert-OH is 1. The number of rotatable bonds is 28. The van der Waals surface area contributed by atoms with Gasteiger partial charge in [0.1, 0.15) is 96.9 Å². The number of H-pyrrole nitrogens is 1. The van der Waals surface area contributed by atoms with Gasteiger partial charge in [-0.3, -0.25) is 95.9 Å². The molecule has 0 unspecified atom stereocenters. The molecule has 0 radical (unpaired) electrons. The maximum atomic E-state index is 15.9. The SMILES string of the molecule is CCCC[C@H]1C(=O)N(C)[C@@H](CCCC)C(=O)N[C@@H](CCC(=O)O)C(=O)N[C@H](C(=O)NCC(N)=O)CSCC(=O)N[C@@H](Cc2ccc(O)cc2)C(=O)N(C)[C@@H](C)C(=O)N[C@H](CC(=O)O)C(=O)N2CCC[C@H]2C(=O)N[C@@H](CN)C(=O)N[C@@H](CCC(=O)O)C(=O)N2C[C@H](O)C[C@H]2C(=O)N[C@@H](Cc2c[nH]c3ccccc23)C(=O)N[C@@H](CCN)C(=O)N[C@@H](Cc2cn(CC(=O)O)c3ccccc23)C(=O)N1C. The minimum atomic E-state index is -1.97. The van der Waals surface area contributed by atoms with Crippen LogP contribution in [0.4, 0.5) is 0 Å². The van der Waals surface area contributed by atoms with Crippen LogP contribution in [0.3, 0.4) is 0 Å². The van der Waals surface area contributed by atoms with Gasteiger partial charge in [-0.05, 0) is 99.4 Å². The lowest BCUT2D eigenvalue weighted by atomic mass is 9.99. The summed E-state index contributed by atoms with van der Waals surface area (Å²) < 4.78 is 1.39. The molecule has 15 atom stereocenters. The van der Waals surface area contributed by atoms with Crippen molar-refractivity contribution in [2.75, 3.05) is 65.4 Å². The van der Waals surface area contributed by atoms with Crippen molar-refractivity contribution in [3.05, 3.63) is 102 Å². The minimum absolute atomic E-state index is 0.0844. The number of nitrogens with zero attached hydrogens (tertiary/aromatic N) is 6. The van der Waals surface area contributed by atoms with Crippen LogP contribution >= 0.6 is 11.8 Å². The van der Waals surface area contributed by atoms with Gasteiger partial charge in [0.2, 0.25) is 94.5 Å². The van der Waals surface area contributed by atoms with Gasteiger partial charge in [-0.2, -0.15) is 0 Å². The van der Waals surface area contributed by atoms with E-state index in [1.165, 1.54) is 56.0 Å². The molecule has 0 aliphatic carbocycles. The highest BCUT2D eigenvalue weighted by molar-refractivity contribution is 8.00. The number of hydrogen-bond acceptors (Lipinski definition) is 25. The summed E-state index contributed by atoms with van der Waals surface area (Å²) in [4.78, 5) is 293. The number of fused-ring (bicyclic) bond motifs is 4. The predicted octanol–water partition coefficient (Wildman–Crippen LogP) is -4.00. The van der Waals surface area contributed by atoms with Gasteiger partial charge in [-0.15, -0.1) is 11.8 Å². The summed E-state index contributed by atoms with van der Waals surface area (Å²) in [6.07, 6.45) is -3.61. The van der Waals surface area contributed by atoms with E-state index in [2.05, 4.69) is 58.2 Å². The molecule has 0 bridgehead atoms. The first kappa shape index (κ1) is 108. The molecule has 47 heteroatoms. The van der Waals surface area contributed by atoms with E-state index in [1.54, 1.807) is 68.6 Å². The van der Waals surface area contributed by atoms with Gasteiger partial charge >= 0.3 is 23.9 Å². The summed E-state index contributed by atoms with van der Waals surface area (Å²) in [5.41, 5.74) is 19.7. The van der Waals surface area contributed by atoms with Gasteiger partial charge in [0.15, 0.2) is 0 Å². The van der Waals surface area contributed by atoms with E-state index in [0.29, 0.717) is 63.1 Å². The van der Waals surface area contributed by atoms with Crippen molar-refractivity contribution < 1.29 is 127 Å². The molecule has 5 heterocycles. The minimum Gasteiger partial charge on any atom is -0.508 e. The lowest BCUT2D eigenvalue weighted by molar-refractivity contribution is -0.149. The molecule has 3 fully saturated rings. The lowest BCUT2D eigenvalue weighted by Crippen LogP contribution is -2.61. The molecule has 3 aromatic carbocycles. The number of carbonyl (C=O) groups excluding carboxylic acids is 16. The molecule has 3 saturated heterocycles. The van der Waals surface area contributed by atoms with Crippen molar-refractivity contribution in [1.82, 2.24) is 87.2 Å². The number of thioether (sulfide) groups is 1. The Morgan fingerprint density at radius 1 is 0.515 bits per heavy atom. The predicted molar refractivity (Wildman–Crippen MR) is 488 cm³/mol. The third-order valence-electron chi connectivity index (χ3n) is 23.9. The van der Waals surface area contributed by atoms with E-state index in [-0.39, 0.29) is 76.6 Å². The molecule has 0 spiro atoms. The Morgan fingerprint density at radius 2 is 1.05 bits per heavy atom. The molecular formula is C89H122N20O26S. The van der Waals surface area contributed by atoms with E-state index in [9.17, 15) is 93.0 Å². The van der Waals surface area contributed by atoms with Gasteiger partial charge in [0, 0.05) is 119 Å². The normalized spacial score (nSPS) is 24.6. The number of amides is 16. The van der Waals surface area contributed by atoms with Gasteiger partial charge < -0.3 is 135 Å². The van der Waals surface area contributed by atoms with E-state index in [4.69, 9.17) is 17.2 Å². The van der Waals surface area contributed by atoms with Gasteiger partial charge in [0.25, 0.3) is 0 Å². The smallest absolute Gasteiger partial charge is 0.323 e. The highest BCUT2D eigenvalue weighted by atomic mass is 32.2. The van der Waals surface area contributed by atoms with Crippen LogP contribution in [0, 0.1) is 0 Å². The number of likely N-dealkylation sites (N-methyl/N-ethyl adjacent to an activating group) is 3. The molecule has 5 aromatic rings. The van der Waals surface area contributed by atoms with Crippen LogP contribution < -0.4 is 70.4 Å². The van der Waals surface area contributed by atoms with Crippen molar-refractivity contribution in [2.24, 2.45) is 17.2 Å². The topological polar surface area (TPSA) is 698 Å². The summed E-state index contributed by atoms with van der Waals surface area (Å²) in [7, 11) is 3.65. The molecular weight excluding hydrogens is 1800 g/mol. The molecule has 23 N–H and O–H groups in total. The number of para-hydroxylation sites is 2. The summed E-state index contributed by atoms with van der Waals surface area (Å²) in [5.74, 6) is -24.2. The molecule has 3 aliphatic rings. The second kappa shape index (κ2) is 51.0. The van der Waals surface area contributed by atoms with Crippen LogP contribution in [0.15, 0.2) is 85.2 Å². The number of aromatic hydroxyl groups is 1. The van der Waals surface area contributed by atoms with E-state index >= 15 is 33.6 Å². The summed E-state index contributed by atoms with van der Waals surface area (Å²) in [6.45, 7) is 1.44. The third-order valence-corrected chi connectivity index (χ3v) is 25.0. The number of aliphatic carboxylic acids is 4. The Kier molecular flexibility index (Phi) is 40.3. The molecule has 136 heavy (non-hydrogen) atoms. The molecule has 0 saturated carbocycles. The molecule has 740 valence electrons. The first-order chi connectivity index (χ1) is 64.6. The largest absolute Gasteiger partial charge is 0.508 e. The fourth-order valence-electron chi connectivity index (χ4n) is 16.4. The van der Waals surface area contributed by atoms with Crippen LogP contribution in [0.5, 0.6) is 5.75 Å². The number of carboxylic acids is 4. The summed E-state index contributed by atoms with van der Waals surface area (Å²) in [5, 5.41) is 87.9. The highest BCUT2D eigenvalue weighted by Crippen LogP contribution is 2.29. The number of aromatic amines is 1. The number of phenolic OH excluding ortho intramolecular Hbond substituents is 1. The summed E-state index contributed by atoms with van der Waals surface area (Å²) in [6, 6.07) is -5.13. The second-order valence-corrected chi connectivity index (χ2v) is 34.9. The van der Waals surface area contributed by atoms with E-state index < -0.39 is 292 Å². The molecule has 46 nitrogen and oxygen atoms in total. The van der Waals surface area contributed by atoms with Crippen molar-refractivity contribution in [2.45, 2.75) is 234 Å². The zero-order valence-electron chi connectivity index (χ0n) is 76.3. The first-order valence-corrected chi connectivity index (χ1v) is 45.9. The quantitative estimate of drug-likeness (QED) is 0.0227. The monoisotopic (exact) mass is 1920 g/mol. The third kappa shape index (κ3) is 29.8. The molecule has 2 aromatic heterocycles. The average molecular weight is 1920 g/mol. The van der Waals surface area contributed by atoms with Crippen LogP contribution in [-0.2, 0) is 122 Å². The lowest BCUT2D eigenvalue weighted by Gasteiger charge is -2.36. The zero-order valence-corrected chi connectivity index (χ0v) is 77.1. The van der Waals surface area contributed by atoms with E-state index in [1.807, 2.05) is 0 Å². The van der Waals surface area contributed by atoms with Crippen molar-refractivity contribution in [3.63, 3.8) is 0 Å². The standard InChI is InChI=1S/C89H122N20O26S/c1-7-9-19-66-82(128)97-56(27-29-72(114)115)78(124)103-64(77(123)94-41-70(92)112)45-136-46-71(113)95-60(34-48-23-25-51(110)26-24-48)85(131)104(4)47(3)76(122)100-62(38-74(118)119)88(134)108-33-15-22-67(108)83(129)102-63(39-91)81(127)98-58(28-30-73(116)117)87(133)109-43-52(111)37-69(109)84(130)99-59(35-49-40-93-55-18-13-11-16-53(49)55)80(126)96-57(31-32-90)79(125)101-61(86(132)106(6)68(20-10-8-2)89(135)105(66)5)36-50-42-107(44-75(120)121)65-21-14-12-17-54(50)65/h11-14,16-18,21,23-26,40,42,47,52,56-64,66-69,93,110-111H,7-10,15,19-20,22,27-39,41,43-46,90-91H2,1-6H3,(H2,92,112)(H,94,123)(H,95,113)(H,96,126)(H,97,128)(H,98,127)(H,99,130)(H,100,122)(H,101,125)(H,102,129)(H,103,124)(H,114,115)(H,116,117)(H,118,119)(H,120,121)/t47-,52+,56-,57-,58-,59-,60-,61-,62+,63-,64-,66-,67-,68-,69-/m0/s1. The Morgan fingerprint density at radius 3 is 1.69 bits per heavy atom. The Labute approximate surface area is 785 Å². The molecule has 8 rings (SSSR count). The van der Waals surface area contributed by atoms with E-state index in [0.717, 1.165) is 31.5 Å². The zero-order chi connectivity index (χ0) is 100. The number of benzene rings is 3. The van der Waals surface area contributed by atoms with Crippen LogP contribution in [-0.4, -0.2) is 339 Å². The molecule has 16 amide bonds. The number of aliphatic hydroxyl groups is 1.